The Kier molecular flexibility index (Phi) is 3.37. The van der Waals surface area contributed by atoms with Crippen LogP contribution in [-0.2, 0) is 10.0 Å². The maximum absolute atomic E-state index is 10.6. The number of anilines is 1. The van der Waals surface area contributed by atoms with Crippen molar-refractivity contribution in [2.75, 3.05) is 17.6 Å². The highest BCUT2D eigenvalue weighted by molar-refractivity contribution is 7.89. The predicted octanol–water partition coefficient (Wildman–Crippen LogP) is -0.515. The molecule has 0 amide bonds. The second-order valence-electron chi connectivity index (χ2n) is 2.78. The number of nitrogens with one attached hydrogen (secondary N) is 1. The van der Waals surface area contributed by atoms with Crippen LogP contribution in [0.1, 0.15) is 5.69 Å². The Morgan fingerprint density at radius 2 is 2.07 bits per heavy atom. The minimum atomic E-state index is -3.42. The van der Waals surface area contributed by atoms with Gasteiger partial charge in [0.15, 0.2) is 0 Å². The molecular formula is C7H12N4O2S. The summed E-state index contributed by atoms with van der Waals surface area (Å²) < 4.78 is 21.2. The fourth-order valence-electron chi connectivity index (χ4n) is 0.893. The number of primary sulfonamides is 1. The molecule has 0 aliphatic rings. The van der Waals surface area contributed by atoms with Crippen LogP contribution in [0.4, 0.5) is 5.82 Å². The lowest BCUT2D eigenvalue weighted by molar-refractivity contribution is 0.598. The summed E-state index contributed by atoms with van der Waals surface area (Å²) in [5.74, 6) is 0.458. The lowest BCUT2D eigenvalue weighted by Gasteiger charge is -2.05. The first-order valence-corrected chi connectivity index (χ1v) is 5.72. The number of nitrogens with two attached hydrogens (primary N) is 1. The van der Waals surface area contributed by atoms with E-state index >= 15 is 0 Å². The van der Waals surface area contributed by atoms with Crippen LogP contribution < -0.4 is 10.5 Å². The minimum Gasteiger partial charge on any atom is -0.367 e. The van der Waals surface area contributed by atoms with Gasteiger partial charge < -0.3 is 5.32 Å². The summed E-state index contributed by atoms with van der Waals surface area (Å²) in [6.45, 7) is 2.02. The van der Waals surface area contributed by atoms with Crippen LogP contribution in [0, 0.1) is 6.92 Å². The highest BCUT2D eigenvalue weighted by Gasteiger charge is 2.03. The highest BCUT2D eigenvalue weighted by Crippen LogP contribution is 2.04. The van der Waals surface area contributed by atoms with Crippen LogP contribution in [-0.4, -0.2) is 30.7 Å². The molecule has 0 fully saturated rings. The minimum absolute atomic E-state index is 0.122. The number of aryl methyl sites for hydroxylation is 1. The fraction of sp³-hybridized carbons (Fsp3) is 0.429. The van der Waals surface area contributed by atoms with Gasteiger partial charge in [0.1, 0.15) is 5.82 Å². The molecule has 0 unspecified atom stereocenters. The van der Waals surface area contributed by atoms with Gasteiger partial charge in [-0.2, -0.15) is 0 Å². The third-order valence-electron chi connectivity index (χ3n) is 1.56. The van der Waals surface area contributed by atoms with Gasteiger partial charge in [0.2, 0.25) is 10.0 Å². The number of rotatable bonds is 4. The second-order valence-corrected chi connectivity index (χ2v) is 4.52. The van der Waals surface area contributed by atoms with Crippen molar-refractivity contribution in [1.29, 1.82) is 0 Å². The third kappa shape index (κ3) is 3.67. The Morgan fingerprint density at radius 1 is 1.43 bits per heavy atom. The highest BCUT2D eigenvalue weighted by atomic mass is 32.2. The van der Waals surface area contributed by atoms with E-state index in [2.05, 4.69) is 15.3 Å². The SMILES string of the molecule is Cc1nccnc1NCCS(N)(=O)=O. The van der Waals surface area contributed by atoms with Gasteiger partial charge in [-0.3, -0.25) is 4.98 Å². The standard InChI is InChI=1S/C7H12N4O2S/c1-6-7(10-3-2-9-6)11-4-5-14(8,12)13/h2-3H,4-5H2,1H3,(H,10,11)(H2,8,12,13). The molecule has 14 heavy (non-hydrogen) atoms. The van der Waals surface area contributed by atoms with E-state index in [-0.39, 0.29) is 12.3 Å². The topological polar surface area (TPSA) is 98.0 Å². The summed E-state index contributed by atoms with van der Waals surface area (Å²) in [5, 5.41) is 7.67. The van der Waals surface area contributed by atoms with Crippen molar-refractivity contribution in [1.82, 2.24) is 9.97 Å². The molecular weight excluding hydrogens is 204 g/mol. The molecule has 1 rings (SSSR count). The first-order chi connectivity index (χ1) is 6.49. The molecule has 1 heterocycles. The van der Waals surface area contributed by atoms with Crippen molar-refractivity contribution < 1.29 is 8.42 Å². The van der Waals surface area contributed by atoms with Crippen molar-refractivity contribution >= 4 is 15.8 Å². The van der Waals surface area contributed by atoms with E-state index in [4.69, 9.17) is 5.14 Å². The summed E-state index contributed by atoms with van der Waals surface area (Å²) in [6.07, 6.45) is 3.10. The van der Waals surface area contributed by atoms with Gasteiger partial charge in [0.25, 0.3) is 0 Å². The average Bonchev–Trinajstić information content (AvgIpc) is 2.06. The number of aromatic nitrogens is 2. The fourth-order valence-corrected chi connectivity index (χ4v) is 1.28. The molecule has 0 spiro atoms. The Morgan fingerprint density at radius 3 is 2.64 bits per heavy atom. The molecule has 0 aliphatic carbocycles. The van der Waals surface area contributed by atoms with Crippen LogP contribution in [0.3, 0.4) is 0 Å². The molecule has 0 saturated heterocycles. The van der Waals surface area contributed by atoms with E-state index < -0.39 is 10.0 Å². The molecule has 3 N–H and O–H groups in total. The summed E-state index contributed by atoms with van der Waals surface area (Å²) in [5.41, 5.74) is 0.724. The summed E-state index contributed by atoms with van der Waals surface area (Å²) >= 11 is 0. The monoisotopic (exact) mass is 216 g/mol. The maximum Gasteiger partial charge on any atom is 0.210 e. The summed E-state index contributed by atoms with van der Waals surface area (Å²) in [6, 6.07) is 0. The molecule has 0 saturated carbocycles. The average molecular weight is 216 g/mol. The van der Waals surface area contributed by atoms with Crippen molar-refractivity contribution in [2.24, 2.45) is 5.14 Å². The molecule has 1 aromatic rings. The van der Waals surface area contributed by atoms with Crippen molar-refractivity contribution in [2.45, 2.75) is 6.92 Å². The van der Waals surface area contributed by atoms with E-state index in [9.17, 15) is 8.42 Å². The zero-order valence-corrected chi connectivity index (χ0v) is 8.58. The second kappa shape index (κ2) is 4.34. The van der Waals surface area contributed by atoms with E-state index in [1.165, 1.54) is 6.20 Å². The zero-order valence-electron chi connectivity index (χ0n) is 7.77. The molecule has 0 radical (unpaired) electrons. The Labute approximate surface area is 82.6 Å². The molecule has 0 bridgehead atoms. The normalized spacial score (nSPS) is 11.3. The zero-order chi connectivity index (χ0) is 10.6. The van der Waals surface area contributed by atoms with Crippen molar-refractivity contribution in [3.8, 4) is 0 Å². The third-order valence-corrected chi connectivity index (χ3v) is 2.33. The van der Waals surface area contributed by atoms with Gasteiger partial charge in [-0.05, 0) is 6.92 Å². The number of sulfonamides is 1. The molecule has 0 aromatic carbocycles. The number of hydrogen-bond acceptors (Lipinski definition) is 5. The molecule has 6 nitrogen and oxygen atoms in total. The molecule has 7 heteroatoms. The smallest absolute Gasteiger partial charge is 0.210 e. The van der Waals surface area contributed by atoms with Crippen molar-refractivity contribution in [3.05, 3.63) is 18.1 Å². The van der Waals surface area contributed by atoms with E-state index in [1.54, 1.807) is 13.1 Å². The summed E-state index contributed by atoms with van der Waals surface area (Å²) in [4.78, 5) is 7.98. The summed E-state index contributed by atoms with van der Waals surface area (Å²) in [7, 11) is -3.42. The van der Waals surface area contributed by atoms with Gasteiger partial charge in [-0.25, -0.2) is 18.5 Å². The number of hydrogen-bond donors (Lipinski definition) is 2. The van der Waals surface area contributed by atoms with Gasteiger partial charge >= 0.3 is 0 Å². The largest absolute Gasteiger partial charge is 0.367 e. The van der Waals surface area contributed by atoms with Gasteiger partial charge in [-0.1, -0.05) is 0 Å². The predicted molar refractivity (Wildman–Crippen MR) is 53.2 cm³/mol. The van der Waals surface area contributed by atoms with Crippen LogP contribution in [0.2, 0.25) is 0 Å². The Balaban J connectivity index is 2.51. The molecule has 0 atom stereocenters. The van der Waals surface area contributed by atoms with E-state index in [0.29, 0.717) is 5.82 Å². The van der Waals surface area contributed by atoms with Gasteiger partial charge in [0.05, 0.1) is 11.4 Å². The van der Waals surface area contributed by atoms with Crippen LogP contribution in [0.5, 0.6) is 0 Å². The first kappa shape index (κ1) is 10.9. The molecule has 1 aromatic heterocycles. The van der Waals surface area contributed by atoms with Crippen LogP contribution in [0.25, 0.3) is 0 Å². The maximum atomic E-state index is 10.6. The van der Waals surface area contributed by atoms with E-state index in [1.807, 2.05) is 0 Å². The van der Waals surface area contributed by atoms with Crippen LogP contribution in [0.15, 0.2) is 12.4 Å². The van der Waals surface area contributed by atoms with Crippen LogP contribution >= 0.6 is 0 Å². The van der Waals surface area contributed by atoms with Crippen molar-refractivity contribution in [3.63, 3.8) is 0 Å². The Bertz CT molecular complexity index is 404. The molecule has 0 aliphatic heterocycles. The lowest BCUT2D eigenvalue weighted by Crippen LogP contribution is -2.22. The first-order valence-electron chi connectivity index (χ1n) is 4.01. The lowest BCUT2D eigenvalue weighted by atomic mass is 10.4. The number of nitrogens with zero attached hydrogens (tertiary/aromatic N) is 2. The van der Waals surface area contributed by atoms with Gasteiger partial charge in [-0.15, -0.1) is 0 Å². The van der Waals surface area contributed by atoms with E-state index in [0.717, 1.165) is 5.69 Å². The quantitative estimate of drug-likeness (QED) is 0.706. The molecule has 78 valence electrons. The Hall–Kier alpha value is -1.21. The van der Waals surface area contributed by atoms with Gasteiger partial charge in [0, 0.05) is 18.9 Å².